The number of primary amides is 1. The minimum absolute atomic E-state index is 0.0649. The van der Waals surface area contributed by atoms with E-state index in [0.29, 0.717) is 11.4 Å². The summed E-state index contributed by atoms with van der Waals surface area (Å²) in [5.41, 5.74) is 7.46. The summed E-state index contributed by atoms with van der Waals surface area (Å²) in [4.78, 5) is 11.4. The van der Waals surface area contributed by atoms with E-state index in [4.69, 9.17) is 22.1 Å². The molecule has 0 fully saturated rings. The molecule has 0 spiro atoms. The molecule has 2 aromatic carbocycles. The number of amides is 1. The van der Waals surface area contributed by atoms with E-state index in [0.717, 1.165) is 17.2 Å². The average molecular weight is 368 g/mol. The van der Waals surface area contributed by atoms with E-state index in [1.807, 2.05) is 19.1 Å². The summed E-state index contributed by atoms with van der Waals surface area (Å²) in [6, 6.07) is 8.81. The molecule has 0 saturated heterocycles. The molecule has 0 aliphatic rings. The number of ether oxygens (including phenoxy) is 1. The SMILES string of the molecule is CO[C@H](CC(N)=O)C(Cc1ccc(Cl)cc1C)c1ccc(F)cc1F. The lowest BCUT2D eigenvalue weighted by atomic mass is 9.84. The molecule has 134 valence electrons. The number of benzene rings is 2. The van der Waals surface area contributed by atoms with E-state index < -0.39 is 29.6 Å². The van der Waals surface area contributed by atoms with Gasteiger partial charge in [-0.15, -0.1) is 0 Å². The third-order valence-corrected chi connectivity index (χ3v) is 4.50. The van der Waals surface area contributed by atoms with Gasteiger partial charge in [-0.25, -0.2) is 8.78 Å². The number of carbonyl (C=O) groups excluding carboxylic acids is 1. The number of halogens is 3. The highest BCUT2D eigenvalue weighted by Gasteiger charge is 2.28. The quantitative estimate of drug-likeness (QED) is 0.799. The summed E-state index contributed by atoms with van der Waals surface area (Å²) < 4.78 is 33.1. The van der Waals surface area contributed by atoms with Crippen LogP contribution in [0.5, 0.6) is 0 Å². The van der Waals surface area contributed by atoms with Crippen molar-refractivity contribution in [3.8, 4) is 0 Å². The summed E-state index contributed by atoms with van der Waals surface area (Å²) in [7, 11) is 1.44. The number of aryl methyl sites for hydroxylation is 1. The second kappa shape index (κ2) is 8.41. The molecule has 2 N–H and O–H groups in total. The number of nitrogens with two attached hydrogens (primary N) is 1. The first-order valence-electron chi connectivity index (χ1n) is 7.83. The lowest BCUT2D eigenvalue weighted by Crippen LogP contribution is -2.29. The number of rotatable bonds is 7. The molecule has 2 rings (SSSR count). The van der Waals surface area contributed by atoms with Gasteiger partial charge in [0.05, 0.1) is 12.5 Å². The van der Waals surface area contributed by atoms with Gasteiger partial charge in [0.15, 0.2) is 0 Å². The fourth-order valence-corrected chi connectivity index (χ4v) is 3.18. The van der Waals surface area contributed by atoms with Crippen LogP contribution in [0.25, 0.3) is 0 Å². The minimum Gasteiger partial charge on any atom is -0.380 e. The zero-order valence-electron chi connectivity index (χ0n) is 14.1. The van der Waals surface area contributed by atoms with E-state index in [1.54, 1.807) is 6.07 Å². The lowest BCUT2D eigenvalue weighted by molar-refractivity contribution is -0.120. The Balaban J connectivity index is 2.45. The Morgan fingerprint density at radius 2 is 1.96 bits per heavy atom. The third kappa shape index (κ3) is 5.00. The molecule has 0 aliphatic carbocycles. The second-order valence-corrected chi connectivity index (χ2v) is 6.43. The molecule has 25 heavy (non-hydrogen) atoms. The summed E-state index contributed by atoms with van der Waals surface area (Å²) in [6.45, 7) is 1.90. The Kier molecular flexibility index (Phi) is 6.51. The zero-order chi connectivity index (χ0) is 18.6. The maximum Gasteiger partial charge on any atom is 0.220 e. The Morgan fingerprint density at radius 1 is 1.24 bits per heavy atom. The zero-order valence-corrected chi connectivity index (χ0v) is 14.8. The molecule has 3 nitrogen and oxygen atoms in total. The molecule has 1 amide bonds. The molecule has 2 aromatic rings. The van der Waals surface area contributed by atoms with Crippen molar-refractivity contribution >= 4 is 17.5 Å². The molecule has 0 saturated carbocycles. The van der Waals surface area contributed by atoms with Crippen LogP contribution in [0.2, 0.25) is 5.02 Å². The van der Waals surface area contributed by atoms with Crippen LogP contribution in [-0.2, 0) is 16.0 Å². The van der Waals surface area contributed by atoms with Gasteiger partial charge in [-0.2, -0.15) is 0 Å². The first-order valence-corrected chi connectivity index (χ1v) is 8.20. The Bertz CT molecular complexity index is 767. The van der Waals surface area contributed by atoms with Gasteiger partial charge in [0, 0.05) is 24.1 Å². The molecule has 6 heteroatoms. The van der Waals surface area contributed by atoms with Crippen LogP contribution in [0.3, 0.4) is 0 Å². The fourth-order valence-electron chi connectivity index (χ4n) is 2.96. The number of carbonyl (C=O) groups is 1. The van der Waals surface area contributed by atoms with Gasteiger partial charge < -0.3 is 10.5 Å². The highest BCUT2D eigenvalue weighted by atomic mass is 35.5. The fraction of sp³-hybridized carbons (Fsp3) is 0.316. The van der Waals surface area contributed by atoms with E-state index in [9.17, 15) is 13.6 Å². The summed E-state index contributed by atoms with van der Waals surface area (Å²) in [6.07, 6.45) is -0.297. The molecular weight excluding hydrogens is 348 g/mol. The molecule has 0 aromatic heterocycles. The predicted molar refractivity (Wildman–Crippen MR) is 93.6 cm³/mol. The smallest absolute Gasteiger partial charge is 0.220 e. The van der Waals surface area contributed by atoms with Gasteiger partial charge in [-0.05, 0) is 48.2 Å². The highest BCUT2D eigenvalue weighted by molar-refractivity contribution is 6.30. The average Bonchev–Trinajstić information content (AvgIpc) is 2.53. The first kappa shape index (κ1) is 19.3. The highest BCUT2D eigenvalue weighted by Crippen LogP contribution is 2.31. The number of methoxy groups -OCH3 is 1. The molecule has 0 aliphatic heterocycles. The van der Waals surface area contributed by atoms with Crippen LogP contribution in [0, 0.1) is 18.6 Å². The summed E-state index contributed by atoms with van der Waals surface area (Å²) in [5.74, 6) is -2.39. The predicted octanol–water partition coefficient (Wildman–Crippen LogP) is 4.14. The van der Waals surface area contributed by atoms with Crippen molar-refractivity contribution in [2.24, 2.45) is 5.73 Å². The number of hydrogen-bond donors (Lipinski definition) is 1. The van der Waals surface area contributed by atoms with Gasteiger partial charge in [-0.1, -0.05) is 23.7 Å². The lowest BCUT2D eigenvalue weighted by Gasteiger charge is -2.27. The van der Waals surface area contributed by atoms with Crippen LogP contribution in [0.4, 0.5) is 8.78 Å². The first-order chi connectivity index (χ1) is 11.8. The van der Waals surface area contributed by atoms with Crippen LogP contribution < -0.4 is 5.73 Å². The minimum atomic E-state index is -0.678. The Morgan fingerprint density at radius 3 is 2.52 bits per heavy atom. The summed E-state index contributed by atoms with van der Waals surface area (Å²) >= 11 is 5.98. The van der Waals surface area contributed by atoms with Crippen LogP contribution in [-0.4, -0.2) is 19.1 Å². The van der Waals surface area contributed by atoms with Gasteiger partial charge in [-0.3, -0.25) is 4.79 Å². The molecule has 0 heterocycles. The van der Waals surface area contributed by atoms with E-state index in [1.165, 1.54) is 19.2 Å². The molecular formula is C19H20ClF2NO2. The van der Waals surface area contributed by atoms with E-state index in [2.05, 4.69) is 0 Å². The second-order valence-electron chi connectivity index (χ2n) is 5.99. The van der Waals surface area contributed by atoms with Crippen LogP contribution >= 0.6 is 11.6 Å². The Labute approximate surface area is 150 Å². The van der Waals surface area contributed by atoms with E-state index >= 15 is 0 Å². The third-order valence-electron chi connectivity index (χ3n) is 4.26. The van der Waals surface area contributed by atoms with Crippen molar-refractivity contribution in [3.63, 3.8) is 0 Å². The normalized spacial score (nSPS) is 13.5. The van der Waals surface area contributed by atoms with Crippen molar-refractivity contribution in [2.45, 2.75) is 31.8 Å². The van der Waals surface area contributed by atoms with Gasteiger partial charge in [0.2, 0.25) is 5.91 Å². The molecule has 0 radical (unpaired) electrons. The largest absolute Gasteiger partial charge is 0.380 e. The van der Waals surface area contributed by atoms with Crippen molar-refractivity contribution < 1.29 is 18.3 Å². The van der Waals surface area contributed by atoms with Crippen molar-refractivity contribution in [1.29, 1.82) is 0 Å². The van der Waals surface area contributed by atoms with Gasteiger partial charge >= 0.3 is 0 Å². The van der Waals surface area contributed by atoms with Gasteiger partial charge in [0.1, 0.15) is 11.6 Å². The number of hydrogen-bond acceptors (Lipinski definition) is 2. The van der Waals surface area contributed by atoms with Gasteiger partial charge in [0.25, 0.3) is 0 Å². The van der Waals surface area contributed by atoms with Crippen molar-refractivity contribution in [2.75, 3.05) is 7.11 Å². The standard InChI is InChI=1S/C19H20ClF2NO2/c1-11-7-13(20)4-3-12(11)8-16(18(25-2)10-19(23)24)15-6-5-14(21)9-17(15)22/h3-7,9,16,18H,8,10H2,1-2H3,(H2,23,24)/t16?,18-/m1/s1. The summed E-state index contributed by atoms with van der Waals surface area (Å²) in [5, 5.41) is 0.603. The Hall–Kier alpha value is -1.98. The van der Waals surface area contributed by atoms with Crippen molar-refractivity contribution in [1.82, 2.24) is 0 Å². The molecule has 1 unspecified atom stereocenters. The molecule has 0 bridgehead atoms. The van der Waals surface area contributed by atoms with E-state index in [-0.39, 0.29) is 12.0 Å². The monoisotopic (exact) mass is 367 g/mol. The topological polar surface area (TPSA) is 52.3 Å². The van der Waals surface area contributed by atoms with Crippen LogP contribution in [0.15, 0.2) is 36.4 Å². The maximum absolute atomic E-state index is 14.4. The van der Waals surface area contributed by atoms with Crippen LogP contribution in [0.1, 0.15) is 29.0 Å². The maximum atomic E-state index is 14.4. The van der Waals surface area contributed by atoms with Crippen molar-refractivity contribution in [3.05, 3.63) is 69.7 Å². The molecule has 2 atom stereocenters.